The van der Waals surface area contributed by atoms with Gasteiger partial charge in [-0.2, -0.15) is 0 Å². The van der Waals surface area contributed by atoms with Gasteiger partial charge < -0.3 is 4.74 Å². The van der Waals surface area contributed by atoms with Gasteiger partial charge in [0.2, 0.25) is 0 Å². The van der Waals surface area contributed by atoms with Crippen LogP contribution in [0.5, 0.6) is 5.06 Å². The van der Waals surface area contributed by atoms with Crippen molar-refractivity contribution in [3.8, 4) is 5.06 Å². The highest BCUT2D eigenvalue weighted by Crippen LogP contribution is 2.39. The Kier molecular flexibility index (Phi) is 2.90. The van der Waals surface area contributed by atoms with E-state index in [9.17, 15) is 0 Å². The lowest BCUT2D eigenvalue weighted by atomic mass is 9.96. The fourth-order valence-electron chi connectivity index (χ4n) is 3.95. The first-order valence-corrected chi connectivity index (χ1v) is 10.2. The van der Waals surface area contributed by atoms with Crippen molar-refractivity contribution < 1.29 is 4.74 Å². The second-order valence-electron chi connectivity index (χ2n) is 6.64. The van der Waals surface area contributed by atoms with Crippen molar-refractivity contribution in [3.63, 3.8) is 0 Å². The first-order chi connectivity index (χ1) is 12.8. The fourth-order valence-corrected chi connectivity index (χ4v) is 5.65. The predicted octanol–water partition coefficient (Wildman–Crippen LogP) is 7.58. The van der Waals surface area contributed by atoms with Crippen LogP contribution in [0.15, 0.2) is 66.0 Å². The van der Waals surface area contributed by atoms with Gasteiger partial charge in [-0.15, -0.1) is 11.3 Å². The zero-order valence-corrected chi connectivity index (χ0v) is 15.7. The molecule has 0 aliphatic rings. The molecule has 0 saturated heterocycles. The lowest BCUT2D eigenvalue weighted by Crippen LogP contribution is -1.81. The molecule has 0 amide bonds. The average Bonchev–Trinajstić information content (AvgIpc) is 3.29. The van der Waals surface area contributed by atoms with Gasteiger partial charge in [-0.25, -0.2) is 0 Å². The van der Waals surface area contributed by atoms with Gasteiger partial charge in [0.25, 0.3) is 0 Å². The van der Waals surface area contributed by atoms with Gasteiger partial charge in [-0.1, -0.05) is 35.6 Å². The van der Waals surface area contributed by atoms with Crippen molar-refractivity contribution in [1.82, 2.24) is 0 Å². The summed E-state index contributed by atoms with van der Waals surface area (Å²) in [5.41, 5.74) is 0. The summed E-state index contributed by atoms with van der Waals surface area (Å²) in [6.45, 7) is 0. The molecule has 0 aliphatic carbocycles. The quantitative estimate of drug-likeness (QED) is 0.271. The van der Waals surface area contributed by atoms with Crippen LogP contribution in [-0.4, -0.2) is 7.11 Å². The predicted molar refractivity (Wildman–Crippen MR) is 116 cm³/mol. The highest BCUT2D eigenvalue weighted by atomic mass is 32.1. The van der Waals surface area contributed by atoms with Crippen LogP contribution in [0.3, 0.4) is 0 Å². The minimum atomic E-state index is 0.963. The van der Waals surface area contributed by atoms with Crippen LogP contribution in [-0.2, 0) is 0 Å². The van der Waals surface area contributed by atoms with E-state index >= 15 is 0 Å². The van der Waals surface area contributed by atoms with Gasteiger partial charge in [-0.05, 0) is 84.9 Å². The zero-order valence-electron chi connectivity index (χ0n) is 14.1. The van der Waals surface area contributed by atoms with Crippen molar-refractivity contribution in [2.75, 3.05) is 7.11 Å². The highest BCUT2D eigenvalue weighted by molar-refractivity contribution is 7.20. The SMILES string of the molecule is COc1cc2cc3ccc4c5cc6sccc6cc5ccc4c3cc2s1. The average molecular weight is 370 g/mol. The number of rotatable bonds is 1. The number of hydrogen-bond acceptors (Lipinski definition) is 3. The van der Waals surface area contributed by atoms with E-state index in [-0.39, 0.29) is 0 Å². The second-order valence-corrected chi connectivity index (χ2v) is 8.63. The molecule has 2 aromatic heterocycles. The molecule has 0 bridgehead atoms. The molecule has 2 heterocycles. The molecule has 4 aromatic carbocycles. The van der Waals surface area contributed by atoms with Crippen LogP contribution in [0.25, 0.3) is 52.5 Å². The van der Waals surface area contributed by atoms with Gasteiger partial charge in [-0.3, -0.25) is 0 Å². The molecular formula is C23H14OS2. The summed E-state index contributed by atoms with van der Waals surface area (Å²) < 4.78 is 8.05. The van der Waals surface area contributed by atoms with Gasteiger partial charge in [0.1, 0.15) is 0 Å². The van der Waals surface area contributed by atoms with E-state index in [1.165, 1.54) is 52.5 Å². The molecule has 0 N–H and O–H groups in total. The number of methoxy groups -OCH3 is 1. The maximum absolute atomic E-state index is 5.42. The van der Waals surface area contributed by atoms with Crippen LogP contribution in [0.2, 0.25) is 0 Å². The van der Waals surface area contributed by atoms with E-state index in [0.717, 1.165) is 5.06 Å². The van der Waals surface area contributed by atoms with E-state index < -0.39 is 0 Å². The van der Waals surface area contributed by atoms with E-state index in [1.807, 2.05) is 11.3 Å². The third-order valence-corrected chi connectivity index (χ3v) is 7.16. The van der Waals surface area contributed by atoms with Crippen LogP contribution in [0.4, 0.5) is 0 Å². The van der Waals surface area contributed by atoms with Gasteiger partial charge in [0, 0.05) is 9.40 Å². The number of benzene rings is 4. The molecule has 0 spiro atoms. The molecule has 124 valence electrons. The third kappa shape index (κ3) is 1.96. The largest absolute Gasteiger partial charge is 0.487 e. The lowest BCUT2D eigenvalue weighted by Gasteiger charge is -2.08. The fraction of sp³-hybridized carbons (Fsp3) is 0.0435. The summed E-state index contributed by atoms with van der Waals surface area (Å²) in [6, 6.07) is 22.6. The lowest BCUT2D eigenvalue weighted by molar-refractivity contribution is 0.427. The molecule has 0 saturated carbocycles. The van der Waals surface area contributed by atoms with Crippen LogP contribution in [0.1, 0.15) is 0 Å². The Balaban J connectivity index is 1.77. The molecule has 6 aromatic rings. The van der Waals surface area contributed by atoms with Crippen molar-refractivity contribution in [2.45, 2.75) is 0 Å². The smallest absolute Gasteiger partial charge is 0.174 e. The van der Waals surface area contributed by atoms with Gasteiger partial charge >= 0.3 is 0 Å². The summed E-state index contributed by atoms with van der Waals surface area (Å²) in [5.74, 6) is 0. The summed E-state index contributed by atoms with van der Waals surface area (Å²) in [6.07, 6.45) is 0. The second kappa shape index (κ2) is 5.19. The van der Waals surface area contributed by atoms with E-state index in [4.69, 9.17) is 4.74 Å². The first-order valence-electron chi connectivity index (χ1n) is 8.54. The topological polar surface area (TPSA) is 9.23 Å². The van der Waals surface area contributed by atoms with Crippen molar-refractivity contribution >= 4 is 75.2 Å². The molecule has 0 fully saturated rings. The molecule has 6 rings (SSSR count). The minimum Gasteiger partial charge on any atom is -0.487 e. The maximum atomic E-state index is 5.42. The Bertz CT molecular complexity index is 1470. The Labute approximate surface area is 158 Å². The normalized spacial score (nSPS) is 12.0. The van der Waals surface area contributed by atoms with E-state index in [1.54, 1.807) is 18.4 Å². The summed E-state index contributed by atoms with van der Waals surface area (Å²) in [5, 5.41) is 13.6. The molecule has 0 unspecified atom stereocenters. The van der Waals surface area contributed by atoms with Crippen molar-refractivity contribution in [2.24, 2.45) is 0 Å². The third-order valence-electron chi connectivity index (χ3n) is 5.22. The molecule has 26 heavy (non-hydrogen) atoms. The number of hydrogen-bond donors (Lipinski definition) is 0. The Morgan fingerprint density at radius 3 is 2.04 bits per heavy atom. The zero-order chi connectivity index (χ0) is 17.3. The van der Waals surface area contributed by atoms with E-state index in [0.29, 0.717) is 0 Å². The van der Waals surface area contributed by atoms with Gasteiger partial charge in [0.05, 0.1) is 7.11 Å². The van der Waals surface area contributed by atoms with Crippen molar-refractivity contribution in [1.29, 1.82) is 0 Å². The summed E-state index contributed by atoms with van der Waals surface area (Å²) in [4.78, 5) is 0. The van der Waals surface area contributed by atoms with Crippen LogP contribution < -0.4 is 4.74 Å². The highest BCUT2D eigenvalue weighted by Gasteiger charge is 2.09. The molecule has 0 aliphatic heterocycles. The molecular weight excluding hydrogens is 356 g/mol. The molecule has 3 heteroatoms. The molecule has 0 atom stereocenters. The summed E-state index contributed by atoms with van der Waals surface area (Å²) >= 11 is 3.52. The monoisotopic (exact) mass is 370 g/mol. The van der Waals surface area contributed by atoms with Gasteiger partial charge in [0.15, 0.2) is 5.06 Å². The summed E-state index contributed by atoms with van der Waals surface area (Å²) in [7, 11) is 1.73. The van der Waals surface area contributed by atoms with Crippen LogP contribution >= 0.6 is 22.7 Å². The minimum absolute atomic E-state index is 0.963. The number of thiophene rings is 2. The number of fused-ring (bicyclic) bond motifs is 7. The van der Waals surface area contributed by atoms with E-state index in [2.05, 4.69) is 66.0 Å². The maximum Gasteiger partial charge on any atom is 0.174 e. The molecule has 1 nitrogen and oxygen atoms in total. The standard InChI is InChI=1S/C23H14OS2/c1-24-23-10-16-9-14-3-5-17-18(20(14)12-22(16)26-23)4-2-13-8-15-6-7-25-21(15)11-19(13)17/h2-12H,1H3. The van der Waals surface area contributed by atoms with Crippen LogP contribution in [0, 0.1) is 0 Å². The first kappa shape index (κ1) is 14.5. The Morgan fingerprint density at radius 2 is 1.31 bits per heavy atom. The molecule has 0 radical (unpaired) electrons. The number of ether oxygens (including phenoxy) is 1. The van der Waals surface area contributed by atoms with Crippen molar-refractivity contribution in [3.05, 3.63) is 66.0 Å². The Hall–Kier alpha value is -2.62. The Morgan fingerprint density at radius 1 is 0.615 bits per heavy atom.